The molecule has 3 aliphatic rings. The summed E-state index contributed by atoms with van der Waals surface area (Å²) in [6.07, 6.45) is 7.09. The van der Waals surface area contributed by atoms with Crippen molar-refractivity contribution < 1.29 is 0 Å². The predicted molar refractivity (Wildman–Crippen MR) is 80.5 cm³/mol. The molecule has 3 atom stereocenters. The Balaban J connectivity index is 1.71. The maximum atomic E-state index is 3.68. The van der Waals surface area contributed by atoms with Crippen LogP contribution in [0.1, 0.15) is 52.9 Å². The van der Waals surface area contributed by atoms with Gasteiger partial charge in [-0.3, -0.25) is 4.90 Å². The fraction of sp³-hybridized carbons (Fsp3) is 1.00. The maximum Gasteiger partial charge on any atom is 0.0253 e. The van der Waals surface area contributed by atoms with Crippen LogP contribution in [0.4, 0.5) is 0 Å². The Kier molecular flexibility index (Phi) is 3.65. The summed E-state index contributed by atoms with van der Waals surface area (Å²) in [6, 6.07) is 3.22. The van der Waals surface area contributed by atoms with Gasteiger partial charge < -0.3 is 10.2 Å². The Morgan fingerprint density at radius 3 is 2.32 bits per heavy atom. The first-order chi connectivity index (χ1) is 8.96. The Labute approximate surface area is 118 Å². The van der Waals surface area contributed by atoms with Crippen LogP contribution in [0.15, 0.2) is 0 Å². The van der Waals surface area contributed by atoms with Gasteiger partial charge >= 0.3 is 0 Å². The van der Waals surface area contributed by atoms with Crippen molar-refractivity contribution in [2.45, 2.75) is 82.6 Å². The van der Waals surface area contributed by atoms with Crippen LogP contribution >= 0.6 is 0 Å². The van der Waals surface area contributed by atoms with Crippen LogP contribution in [0, 0.1) is 0 Å². The molecule has 0 spiro atoms. The molecule has 19 heavy (non-hydrogen) atoms. The summed E-state index contributed by atoms with van der Waals surface area (Å²) in [6.45, 7) is 9.45. The number of hydrogen-bond donors (Lipinski definition) is 1. The van der Waals surface area contributed by atoms with Gasteiger partial charge in [0.15, 0.2) is 0 Å². The molecule has 3 aliphatic heterocycles. The highest BCUT2D eigenvalue weighted by Crippen LogP contribution is 2.36. The van der Waals surface area contributed by atoms with Crippen molar-refractivity contribution in [3.8, 4) is 0 Å². The molecule has 0 aromatic rings. The zero-order valence-corrected chi connectivity index (χ0v) is 13.2. The second-order valence-electron chi connectivity index (χ2n) is 7.82. The molecule has 0 aromatic carbocycles. The van der Waals surface area contributed by atoms with E-state index in [0.29, 0.717) is 6.04 Å². The lowest BCUT2D eigenvalue weighted by molar-refractivity contribution is -0.0239. The van der Waals surface area contributed by atoms with Crippen molar-refractivity contribution >= 4 is 0 Å². The van der Waals surface area contributed by atoms with Crippen LogP contribution in [0.3, 0.4) is 0 Å². The molecule has 0 aliphatic carbocycles. The summed E-state index contributed by atoms with van der Waals surface area (Å²) < 4.78 is 0. The largest absolute Gasteiger partial charge is 0.309 e. The third-order valence-electron chi connectivity index (χ3n) is 5.80. The van der Waals surface area contributed by atoms with Gasteiger partial charge in [0.25, 0.3) is 0 Å². The lowest BCUT2D eigenvalue weighted by atomic mass is 9.80. The summed E-state index contributed by atoms with van der Waals surface area (Å²) in [5.41, 5.74) is 0.283. The number of nitrogens with one attached hydrogen (secondary N) is 1. The minimum Gasteiger partial charge on any atom is -0.309 e. The van der Waals surface area contributed by atoms with Gasteiger partial charge in [-0.2, -0.15) is 0 Å². The average Bonchev–Trinajstić information content (AvgIpc) is 2.32. The summed E-state index contributed by atoms with van der Waals surface area (Å²) in [5, 5.41) is 3.68. The zero-order chi connectivity index (χ0) is 13.6. The fourth-order valence-corrected chi connectivity index (χ4v) is 4.56. The SMILES string of the molecule is CC1CNC(C)(C)CN1C1CC2CCCC(C1)N2C. The Bertz CT molecular complexity index is 314. The van der Waals surface area contributed by atoms with Gasteiger partial charge in [-0.1, -0.05) is 6.42 Å². The number of fused-ring (bicyclic) bond motifs is 2. The Morgan fingerprint density at radius 2 is 1.68 bits per heavy atom. The number of hydrogen-bond acceptors (Lipinski definition) is 3. The van der Waals surface area contributed by atoms with Crippen LogP contribution in [0.25, 0.3) is 0 Å². The molecule has 2 bridgehead atoms. The molecule has 0 aromatic heterocycles. The van der Waals surface area contributed by atoms with Crippen molar-refractivity contribution in [1.82, 2.24) is 15.1 Å². The Morgan fingerprint density at radius 1 is 1.05 bits per heavy atom. The van der Waals surface area contributed by atoms with Crippen LogP contribution < -0.4 is 5.32 Å². The average molecular weight is 265 g/mol. The summed E-state index contributed by atoms with van der Waals surface area (Å²) in [4.78, 5) is 5.49. The second kappa shape index (κ2) is 5.01. The predicted octanol–water partition coefficient (Wildman–Crippen LogP) is 2.07. The minimum absolute atomic E-state index is 0.283. The topological polar surface area (TPSA) is 18.5 Å². The van der Waals surface area contributed by atoms with E-state index in [9.17, 15) is 0 Å². The van der Waals surface area contributed by atoms with Gasteiger partial charge in [0.1, 0.15) is 0 Å². The number of piperazine rings is 1. The summed E-state index contributed by atoms with van der Waals surface area (Å²) >= 11 is 0. The van der Waals surface area contributed by atoms with E-state index < -0.39 is 0 Å². The van der Waals surface area contributed by atoms with Crippen LogP contribution in [0.2, 0.25) is 0 Å². The van der Waals surface area contributed by atoms with Crippen molar-refractivity contribution in [1.29, 1.82) is 0 Å². The molecule has 0 amide bonds. The van der Waals surface area contributed by atoms with Crippen molar-refractivity contribution in [3.05, 3.63) is 0 Å². The molecule has 3 saturated heterocycles. The highest BCUT2D eigenvalue weighted by Gasteiger charge is 2.41. The molecule has 110 valence electrons. The van der Waals surface area contributed by atoms with E-state index in [1.54, 1.807) is 0 Å². The second-order valence-corrected chi connectivity index (χ2v) is 7.82. The van der Waals surface area contributed by atoms with Crippen LogP contribution in [-0.4, -0.2) is 59.6 Å². The lowest BCUT2D eigenvalue weighted by Crippen LogP contribution is -2.65. The zero-order valence-electron chi connectivity index (χ0n) is 13.2. The van der Waals surface area contributed by atoms with E-state index in [1.807, 2.05) is 0 Å². The monoisotopic (exact) mass is 265 g/mol. The summed E-state index contributed by atoms with van der Waals surface area (Å²) in [5.74, 6) is 0. The molecule has 3 fully saturated rings. The van der Waals surface area contributed by atoms with E-state index in [1.165, 1.54) is 38.6 Å². The first-order valence-corrected chi connectivity index (χ1v) is 8.19. The van der Waals surface area contributed by atoms with E-state index in [4.69, 9.17) is 0 Å². The lowest BCUT2D eigenvalue weighted by Gasteiger charge is -2.54. The molecular formula is C16H31N3. The van der Waals surface area contributed by atoms with Gasteiger partial charge in [0.2, 0.25) is 0 Å². The molecule has 3 rings (SSSR count). The molecule has 3 unspecified atom stereocenters. The molecular weight excluding hydrogens is 234 g/mol. The number of piperidine rings is 2. The van der Waals surface area contributed by atoms with E-state index in [-0.39, 0.29) is 5.54 Å². The van der Waals surface area contributed by atoms with Crippen molar-refractivity contribution in [2.24, 2.45) is 0 Å². The van der Waals surface area contributed by atoms with Crippen molar-refractivity contribution in [3.63, 3.8) is 0 Å². The van der Waals surface area contributed by atoms with Gasteiger partial charge in [-0.15, -0.1) is 0 Å². The van der Waals surface area contributed by atoms with Crippen LogP contribution in [-0.2, 0) is 0 Å². The first kappa shape index (κ1) is 13.8. The smallest absolute Gasteiger partial charge is 0.0253 e. The van der Waals surface area contributed by atoms with E-state index in [0.717, 1.165) is 24.7 Å². The normalized spacial score (nSPS) is 44.2. The van der Waals surface area contributed by atoms with Crippen LogP contribution in [0.5, 0.6) is 0 Å². The molecule has 3 heterocycles. The van der Waals surface area contributed by atoms with E-state index >= 15 is 0 Å². The molecule has 0 radical (unpaired) electrons. The van der Waals surface area contributed by atoms with Gasteiger partial charge in [0.05, 0.1) is 0 Å². The number of nitrogens with zero attached hydrogens (tertiary/aromatic N) is 2. The van der Waals surface area contributed by atoms with Gasteiger partial charge in [0, 0.05) is 42.8 Å². The molecule has 1 N–H and O–H groups in total. The highest BCUT2D eigenvalue weighted by molar-refractivity contribution is 4.99. The number of rotatable bonds is 1. The third-order valence-corrected chi connectivity index (χ3v) is 5.80. The quantitative estimate of drug-likeness (QED) is 0.783. The Hall–Kier alpha value is -0.120. The fourth-order valence-electron chi connectivity index (χ4n) is 4.56. The van der Waals surface area contributed by atoms with Gasteiger partial charge in [-0.25, -0.2) is 0 Å². The molecule has 0 saturated carbocycles. The van der Waals surface area contributed by atoms with Gasteiger partial charge in [-0.05, 0) is 53.5 Å². The standard InChI is InChI=1S/C16H31N3/c1-12-10-17-16(2,3)11-19(12)15-8-13-6-5-7-14(9-15)18(13)4/h12-15,17H,5-11H2,1-4H3. The maximum absolute atomic E-state index is 3.68. The van der Waals surface area contributed by atoms with Crippen molar-refractivity contribution in [2.75, 3.05) is 20.1 Å². The first-order valence-electron chi connectivity index (χ1n) is 8.19. The van der Waals surface area contributed by atoms with E-state index in [2.05, 4.69) is 42.9 Å². The highest BCUT2D eigenvalue weighted by atomic mass is 15.3. The molecule has 3 heteroatoms. The third kappa shape index (κ3) is 2.70. The summed E-state index contributed by atoms with van der Waals surface area (Å²) in [7, 11) is 2.36. The minimum atomic E-state index is 0.283. The molecule has 3 nitrogen and oxygen atoms in total.